The lowest BCUT2D eigenvalue weighted by molar-refractivity contribution is -0.141. The molecule has 0 aliphatic carbocycles. The van der Waals surface area contributed by atoms with Gasteiger partial charge in [0.25, 0.3) is 0 Å². The van der Waals surface area contributed by atoms with Gasteiger partial charge in [0, 0.05) is 6.20 Å². The fourth-order valence-corrected chi connectivity index (χ4v) is 0.847. The zero-order chi connectivity index (χ0) is 10.8. The quantitative estimate of drug-likeness (QED) is 0.704. The van der Waals surface area contributed by atoms with E-state index in [1.165, 1.54) is 6.07 Å². The van der Waals surface area contributed by atoms with Crippen molar-refractivity contribution in [2.75, 3.05) is 0 Å². The summed E-state index contributed by atoms with van der Waals surface area (Å²) in [4.78, 5) is 3.08. The summed E-state index contributed by atoms with van der Waals surface area (Å²) >= 11 is 0. The molecule has 0 aromatic carbocycles. The highest BCUT2D eigenvalue weighted by Crippen LogP contribution is 2.28. The van der Waals surface area contributed by atoms with E-state index in [2.05, 4.69) is 4.98 Å². The third-order valence-electron chi connectivity index (χ3n) is 1.51. The predicted molar refractivity (Wildman–Crippen MR) is 39.8 cm³/mol. The van der Waals surface area contributed by atoms with Crippen molar-refractivity contribution in [2.24, 2.45) is 0 Å². The number of aliphatic hydroxyl groups excluding tert-OH is 1. The highest BCUT2D eigenvalue weighted by Gasteiger charge is 2.32. The molecular weight excluding hydrogens is 197 g/mol. The van der Waals surface area contributed by atoms with Gasteiger partial charge in [-0.1, -0.05) is 0 Å². The molecule has 3 nitrogen and oxygen atoms in total. The van der Waals surface area contributed by atoms with Crippen molar-refractivity contribution in [3.05, 3.63) is 29.6 Å². The molecule has 1 rings (SSSR count). The predicted octanol–water partition coefficient (Wildman–Crippen LogP) is 1.66. The van der Waals surface area contributed by atoms with Crippen molar-refractivity contribution < 1.29 is 18.3 Å². The summed E-state index contributed by atoms with van der Waals surface area (Å²) in [5.74, 6) is 0. The Morgan fingerprint density at radius 2 is 2.14 bits per heavy atom. The zero-order valence-electron chi connectivity index (χ0n) is 6.78. The Morgan fingerprint density at radius 3 is 2.64 bits per heavy atom. The first kappa shape index (κ1) is 10.5. The minimum atomic E-state index is -4.56. The number of alkyl halides is 3. The van der Waals surface area contributed by atoms with Crippen LogP contribution in [0.5, 0.6) is 0 Å². The van der Waals surface area contributed by atoms with E-state index in [1.807, 2.05) is 0 Å². The van der Waals surface area contributed by atoms with Gasteiger partial charge in [0.2, 0.25) is 0 Å². The second-order valence-electron chi connectivity index (χ2n) is 2.50. The maximum absolute atomic E-state index is 12.1. The van der Waals surface area contributed by atoms with Crippen molar-refractivity contribution in [1.29, 1.82) is 5.26 Å². The van der Waals surface area contributed by atoms with E-state index in [0.29, 0.717) is 6.07 Å². The Labute approximate surface area is 77.4 Å². The SMILES string of the molecule is N#CC(O)c1ccnc(C(F)(F)F)c1. The second-order valence-corrected chi connectivity index (χ2v) is 2.50. The van der Waals surface area contributed by atoms with Gasteiger partial charge in [0.15, 0.2) is 6.10 Å². The van der Waals surface area contributed by atoms with Crippen LogP contribution in [0.1, 0.15) is 17.4 Å². The van der Waals surface area contributed by atoms with Gasteiger partial charge in [-0.2, -0.15) is 18.4 Å². The van der Waals surface area contributed by atoms with Crippen LogP contribution in [0.25, 0.3) is 0 Å². The van der Waals surface area contributed by atoms with Crippen molar-refractivity contribution in [1.82, 2.24) is 4.98 Å². The van der Waals surface area contributed by atoms with Gasteiger partial charge in [0.1, 0.15) is 5.69 Å². The molecule has 1 atom stereocenters. The number of pyridine rings is 1. The lowest BCUT2D eigenvalue weighted by Gasteiger charge is -2.07. The first-order valence-electron chi connectivity index (χ1n) is 3.56. The van der Waals surface area contributed by atoms with E-state index in [0.717, 1.165) is 12.3 Å². The lowest BCUT2D eigenvalue weighted by Crippen LogP contribution is -2.09. The average Bonchev–Trinajstić information content (AvgIpc) is 2.15. The Morgan fingerprint density at radius 1 is 1.50 bits per heavy atom. The van der Waals surface area contributed by atoms with Gasteiger partial charge in [-0.25, -0.2) is 0 Å². The minimum Gasteiger partial charge on any atom is -0.374 e. The van der Waals surface area contributed by atoms with E-state index in [1.54, 1.807) is 0 Å². The van der Waals surface area contributed by atoms with Gasteiger partial charge in [-0.3, -0.25) is 4.98 Å². The number of hydrogen-bond donors (Lipinski definition) is 1. The number of aromatic nitrogens is 1. The first-order valence-corrected chi connectivity index (χ1v) is 3.56. The molecular formula is C8H5F3N2O. The zero-order valence-corrected chi connectivity index (χ0v) is 6.78. The van der Waals surface area contributed by atoms with Crippen LogP contribution in [-0.4, -0.2) is 10.1 Å². The van der Waals surface area contributed by atoms with E-state index >= 15 is 0 Å². The van der Waals surface area contributed by atoms with Crippen LogP contribution in [0.3, 0.4) is 0 Å². The van der Waals surface area contributed by atoms with Crippen LogP contribution in [0.4, 0.5) is 13.2 Å². The monoisotopic (exact) mass is 202 g/mol. The van der Waals surface area contributed by atoms with Crippen LogP contribution in [0.2, 0.25) is 0 Å². The standard InChI is InChI=1S/C8H5F3N2O/c9-8(10,11)7-3-5(1-2-13-7)6(14)4-12/h1-3,6,14H. The number of aliphatic hydroxyl groups is 1. The van der Waals surface area contributed by atoms with Gasteiger partial charge in [-0.15, -0.1) is 0 Å². The largest absolute Gasteiger partial charge is 0.433 e. The molecule has 74 valence electrons. The number of nitrogens with zero attached hydrogens (tertiary/aromatic N) is 2. The molecule has 1 heterocycles. The summed E-state index contributed by atoms with van der Waals surface area (Å²) in [6.07, 6.45) is -5.22. The summed E-state index contributed by atoms with van der Waals surface area (Å²) in [7, 11) is 0. The number of nitriles is 1. The van der Waals surface area contributed by atoms with Gasteiger partial charge >= 0.3 is 6.18 Å². The van der Waals surface area contributed by atoms with E-state index in [9.17, 15) is 13.2 Å². The van der Waals surface area contributed by atoms with Gasteiger partial charge < -0.3 is 5.11 Å². The Balaban J connectivity index is 3.09. The van der Waals surface area contributed by atoms with Crippen LogP contribution in [0, 0.1) is 11.3 Å². The minimum absolute atomic E-state index is 0.116. The molecule has 1 aromatic rings. The molecule has 1 unspecified atom stereocenters. The topological polar surface area (TPSA) is 56.9 Å². The van der Waals surface area contributed by atoms with Crippen LogP contribution >= 0.6 is 0 Å². The molecule has 0 radical (unpaired) electrons. The Kier molecular flexibility index (Phi) is 2.72. The summed E-state index contributed by atoms with van der Waals surface area (Å²) in [6, 6.07) is 3.22. The second kappa shape index (κ2) is 3.64. The molecule has 0 bridgehead atoms. The molecule has 0 spiro atoms. The molecule has 0 fully saturated rings. The van der Waals surface area contributed by atoms with Crippen molar-refractivity contribution in [2.45, 2.75) is 12.3 Å². The number of halogens is 3. The Hall–Kier alpha value is -1.61. The Bertz CT molecular complexity index is 370. The summed E-state index contributed by atoms with van der Waals surface area (Å²) in [5.41, 5.74) is -1.24. The van der Waals surface area contributed by atoms with Gasteiger partial charge in [-0.05, 0) is 17.7 Å². The summed E-state index contributed by atoms with van der Waals surface area (Å²) < 4.78 is 36.3. The van der Waals surface area contributed by atoms with E-state index in [-0.39, 0.29) is 5.56 Å². The highest BCUT2D eigenvalue weighted by atomic mass is 19.4. The van der Waals surface area contributed by atoms with Crippen LogP contribution < -0.4 is 0 Å². The van der Waals surface area contributed by atoms with E-state index < -0.39 is 18.0 Å². The lowest BCUT2D eigenvalue weighted by atomic mass is 10.1. The molecule has 0 aliphatic heterocycles. The van der Waals surface area contributed by atoms with E-state index in [4.69, 9.17) is 10.4 Å². The smallest absolute Gasteiger partial charge is 0.374 e. The summed E-state index contributed by atoms with van der Waals surface area (Å²) in [5, 5.41) is 17.2. The summed E-state index contributed by atoms with van der Waals surface area (Å²) in [6.45, 7) is 0. The van der Waals surface area contributed by atoms with Crippen LogP contribution in [-0.2, 0) is 6.18 Å². The first-order chi connectivity index (χ1) is 6.45. The third-order valence-corrected chi connectivity index (χ3v) is 1.51. The molecule has 1 aromatic heterocycles. The maximum Gasteiger partial charge on any atom is 0.433 e. The maximum atomic E-state index is 12.1. The fourth-order valence-electron chi connectivity index (χ4n) is 0.847. The van der Waals surface area contributed by atoms with Gasteiger partial charge in [0.05, 0.1) is 6.07 Å². The fraction of sp³-hybridized carbons (Fsp3) is 0.250. The molecule has 14 heavy (non-hydrogen) atoms. The number of hydrogen-bond acceptors (Lipinski definition) is 3. The normalized spacial score (nSPS) is 13.4. The van der Waals surface area contributed by atoms with Crippen molar-refractivity contribution in [3.63, 3.8) is 0 Å². The molecule has 0 aliphatic rings. The number of rotatable bonds is 1. The molecule has 0 amide bonds. The molecule has 0 saturated heterocycles. The van der Waals surface area contributed by atoms with Crippen molar-refractivity contribution >= 4 is 0 Å². The third kappa shape index (κ3) is 2.20. The molecule has 1 N–H and O–H groups in total. The molecule has 6 heteroatoms. The highest BCUT2D eigenvalue weighted by molar-refractivity contribution is 5.23. The van der Waals surface area contributed by atoms with Crippen LogP contribution in [0.15, 0.2) is 18.3 Å². The molecule has 0 saturated carbocycles. The van der Waals surface area contributed by atoms with Crippen molar-refractivity contribution in [3.8, 4) is 6.07 Å². The average molecular weight is 202 g/mol.